The van der Waals surface area contributed by atoms with Crippen molar-refractivity contribution in [1.82, 2.24) is 5.32 Å². The van der Waals surface area contributed by atoms with Crippen molar-refractivity contribution in [1.29, 1.82) is 0 Å². The molecule has 4 nitrogen and oxygen atoms in total. The second kappa shape index (κ2) is 5.29. The molecule has 4 heteroatoms. The Labute approximate surface area is 101 Å². The minimum Gasteiger partial charge on any atom is -0.480 e. The Balaban J connectivity index is 1.87. The minimum absolute atomic E-state index is 0.219. The van der Waals surface area contributed by atoms with Gasteiger partial charge in [-0.1, -0.05) is 30.3 Å². The van der Waals surface area contributed by atoms with Crippen LogP contribution in [0.2, 0.25) is 0 Å². The van der Waals surface area contributed by atoms with Crippen molar-refractivity contribution in [2.75, 3.05) is 13.2 Å². The highest BCUT2D eigenvalue weighted by molar-refractivity contribution is 5.79. The van der Waals surface area contributed by atoms with Gasteiger partial charge in [0.25, 0.3) is 0 Å². The Hall–Kier alpha value is -1.39. The van der Waals surface area contributed by atoms with Crippen molar-refractivity contribution in [2.45, 2.75) is 25.0 Å². The number of carboxylic acids is 1. The summed E-state index contributed by atoms with van der Waals surface area (Å²) < 4.78 is 5.52. The number of rotatable bonds is 5. The molecule has 0 bridgehead atoms. The predicted molar refractivity (Wildman–Crippen MR) is 63.7 cm³/mol. The van der Waals surface area contributed by atoms with Crippen molar-refractivity contribution in [2.24, 2.45) is 0 Å². The maximum atomic E-state index is 11.2. The zero-order valence-corrected chi connectivity index (χ0v) is 9.69. The van der Waals surface area contributed by atoms with Gasteiger partial charge in [0, 0.05) is 0 Å². The molecule has 1 aromatic carbocycles. The molecule has 2 rings (SSSR count). The van der Waals surface area contributed by atoms with E-state index >= 15 is 0 Å². The van der Waals surface area contributed by atoms with Gasteiger partial charge in [-0.05, 0) is 24.9 Å². The lowest BCUT2D eigenvalue weighted by atomic mass is 9.99. The molecule has 0 aliphatic carbocycles. The average molecular weight is 235 g/mol. The topological polar surface area (TPSA) is 58.6 Å². The van der Waals surface area contributed by atoms with E-state index in [2.05, 4.69) is 5.32 Å². The van der Waals surface area contributed by atoms with E-state index < -0.39 is 11.5 Å². The molecule has 0 spiro atoms. The lowest BCUT2D eigenvalue weighted by Gasteiger charge is -2.24. The maximum Gasteiger partial charge on any atom is 0.326 e. The van der Waals surface area contributed by atoms with Crippen LogP contribution in [0.25, 0.3) is 0 Å². The normalized spacial score (nSPS) is 23.8. The highest BCUT2D eigenvalue weighted by Gasteiger charge is 2.41. The van der Waals surface area contributed by atoms with Gasteiger partial charge in [-0.3, -0.25) is 10.1 Å². The Morgan fingerprint density at radius 2 is 2.18 bits per heavy atom. The van der Waals surface area contributed by atoms with Crippen molar-refractivity contribution >= 4 is 5.97 Å². The van der Waals surface area contributed by atoms with E-state index in [1.165, 1.54) is 0 Å². The predicted octanol–water partition coefficient (Wildman–Crippen LogP) is 1.41. The van der Waals surface area contributed by atoms with Gasteiger partial charge in [0.05, 0.1) is 13.2 Å². The molecule has 1 heterocycles. The zero-order chi connectivity index (χ0) is 12.1. The quantitative estimate of drug-likeness (QED) is 0.810. The molecule has 2 N–H and O–H groups in total. The lowest BCUT2D eigenvalue weighted by molar-refractivity contribution is -0.147. The largest absolute Gasteiger partial charge is 0.480 e. The number of carbonyl (C=O) groups is 1. The SMILES string of the molecule is O=C(O)C1(COCc2ccccc2)CCCN1. The summed E-state index contributed by atoms with van der Waals surface area (Å²) in [6, 6.07) is 9.77. The van der Waals surface area contributed by atoms with E-state index in [1.54, 1.807) is 0 Å². The smallest absolute Gasteiger partial charge is 0.326 e. The molecule has 1 saturated heterocycles. The number of benzene rings is 1. The van der Waals surface area contributed by atoms with Gasteiger partial charge < -0.3 is 9.84 Å². The monoisotopic (exact) mass is 235 g/mol. The molecule has 1 aromatic rings. The number of carboxylic acid groups (broad SMARTS) is 1. The number of hydrogen-bond donors (Lipinski definition) is 2. The van der Waals surface area contributed by atoms with Crippen LogP contribution in [0.3, 0.4) is 0 Å². The molecule has 0 amide bonds. The van der Waals surface area contributed by atoms with Crippen molar-refractivity contribution < 1.29 is 14.6 Å². The second-order valence-electron chi connectivity index (χ2n) is 4.40. The first-order valence-corrected chi connectivity index (χ1v) is 5.83. The van der Waals surface area contributed by atoms with Gasteiger partial charge >= 0.3 is 5.97 Å². The molecule has 0 radical (unpaired) electrons. The van der Waals surface area contributed by atoms with Crippen LogP contribution in [0.5, 0.6) is 0 Å². The fourth-order valence-corrected chi connectivity index (χ4v) is 2.09. The van der Waals surface area contributed by atoms with Gasteiger partial charge in [0.1, 0.15) is 5.54 Å². The molecule has 1 unspecified atom stereocenters. The Bertz CT molecular complexity index is 372. The van der Waals surface area contributed by atoms with Crippen LogP contribution < -0.4 is 5.32 Å². The zero-order valence-electron chi connectivity index (χ0n) is 9.69. The number of ether oxygens (including phenoxy) is 1. The molecule has 0 saturated carbocycles. The Morgan fingerprint density at radius 3 is 2.76 bits per heavy atom. The summed E-state index contributed by atoms with van der Waals surface area (Å²) in [5, 5.41) is 12.2. The third-order valence-corrected chi connectivity index (χ3v) is 3.11. The van der Waals surface area contributed by atoms with Crippen LogP contribution in [0.15, 0.2) is 30.3 Å². The van der Waals surface area contributed by atoms with Crippen molar-refractivity contribution in [3.05, 3.63) is 35.9 Å². The maximum absolute atomic E-state index is 11.2. The molecular formula is C13H17NO3. The van der Waals surface area contributed by atoms with E-state index in [4.69, 9.17) is 4.74 Å². The van der Waals surface area contributed by atoms with E-state index in [1.807, 2.05) is 30.3 Å². The third-order valence-electron chi connectivity index (χ3n) is 3.11. The summed E-state index contributed by atoms with van der Waals surface area (Å²) in [7, 11) is 0. The van der Waals surface area contributed by atoms with Gasteiger partial charge in [0.15, 0.2) is 0 Å². The molecule has 92 valence electrons. The minimum atomic E-state index is -0.880. The van der Waals surface area contributed by atoms with Gasteiger partial charge in [-0.25, -0.2) is 0 Å². The summed E-state index contributed by atoms with van der Waals surface area (Å²) in [6.07, 6.45) is 1.53. The Morgan fingerprint density at radius 1 is 1.41 bits per heavy atom. The van der Waals surface area contributed by atoms with E-state index in [0.29, 0.717) is 13.0 Å². The first kappa shape index (κ1) is 12.1. The molecular weight excluding hydrogens is 218 g/mol. The number of hydrogen-bond acceptors (Lipinski definition) is 3. The van der Waals surface area contributed by atoms with Crippen LogP contribution in [0.4, 0.5) is 0 Å². The Kier molecular flexibility index (Phi) is 3.76. The number of nitrogens with one attached hydrogen (secondary N) is 1. The van der Waals surface area contributed by atoms with Crippen LogP contribution in [-0.2, 0) is 16.1 Å². The second-order valence-corrected chi connectivity index (χ2v) is 4.40. The number of aliphatic carboxylic acids is 1. The standard InChI is InChI=1S/C13H17NO3/c15-12(16)13(7-4-8-14-13)10-17-9-11-5-2-1-3-6-11/h1-3,5-6,14H,4,7-10H2,(H,15,16). The summed E-state index contributed by atoms with van der Waals surface area (Å²) in [5.41, 5.74) is 0.181. The van der Waals surface area contributed by atoms with Crippen molar-refractivity contribution in [3.63, 3.8) is 0 Å². The van der Waals surface area contributed by atoms with E-state index in [0.717, 1.165) is 18.5 Å². The summed E-state index contributed by atoms with van der Waals surface area (Å²) >= 11 is 0. The summed E-state index contributed by atoms with van der Waals surface area (Å²) in [4.78, 5) is 11.2. The fraction of sp³-hybridized carbons (Fsp3) is 0.462. The molecule has 17 heavy (non-hydrogen) atoms. The summed E-state index contributed by atoms with van der Waals surface area (Å²) in [6.45, 7) is 1.43. The van der Waals surface area contributed by atoms with Gasteiger partial charge in [-0.2, -0.15) is 0 Å². The average Bonchev–Trinajstić information content (AvgIpc) is 2.80. The first-order chi connectivity index (χ1) is 8.23. The molecule has 1 aliphatic rings. The van der Waals surface area contributed by atoms with Gasteiger partial charge in [0.2, 0.25) is 0 Å². The van der Waals surface area contributed by atoms with Gasteiger partial charge in [-0.15, -0.1) is 0 Å². The molecule has 1 fully saturated rings. The molecule has 1 aliphatic heterocycles. The van der Waals surface area contributed by atoms with Crippen LogP contribution in [0.1, 0.15) is 18.4 Å². The first-order valence-electron chi connectivity index (χ1n) is 5.83. The van der Waals surface area contributed by atoms with Crippen LogP contribution >= 0.6 is 0 Å². The summed E-state index contributed by atoms with van der Waals surface area (Å²) in [5.74, 6) is -0.817. The van der Waals surface area contributed by atoms with Crippen LogP contribution in [0, 0.1) is 0 Å². The third kappa shape index (κ3) is 2.84. The van der Waals surface area contributed by atoms with Crippen LogP contribution in [-0.4, -0.2) is 29.8 Å². The molecule has 1 atom stereocenters. The highest BCUT2D eigenvalue weighted by Crippen LogP contribution is 2.20. The van der Waals surface area contributed by atoms with Crippen molar-refractivity contribution in [3.8, 4) is 0 Å². The van der Waals surface area contributed by atoms with E-state index in [9.17, 15) is 9.90 Å². The highest BCUT2D eigenvalue weighted by atomic mass is 16.5. The molecule has 0 aromatic heterocycles. The van der Waals surface area contributed by atoms with E-state index in [-0.39, 0.29) is 6.61 Å². The fourth-order valence-electron chi connectivity index (χ4n) is 2.09. The lowest BCUT2D eigenvalue weighted by Crippen LogP contribution is -2.51.